The Morgan fingerprint density at radius 1 is 0.800 bits per heavy atom. The first-order valence-electron chi connectivity index (χ1n) is 2.65. The van der Waals surface area contributed by atoms with Gasteiger partial charge in [0.05, 0.1) is 0 Å². The highest BCUT2D eigenvalue weighted by molar-refractivity contribution is 14.1. The van der Waals surface area contributed by atoms with E-state index in [2.05, 4.69) is 0 Å². The molecule has 0 fully saturated rings. The van der Waals surface area contributed by atoms with Gasteiger partial charge in [-0.1, -0.05) is 0 Å². The molecule has 0 aliphatic heterocycles. The molecule has 56 valence electrons. The number of halogens is 2. The van der Waals surface area contributed by atoms with E-state index in [1.807, 2.05) is 45.2 Å². The summed E-state index contributed by atoms with van der Waals surface area (Å²) in [5.74, 6) is 0. The van der Waals surface area contributed by atoms with Crippen LogP contribution in [0, 0.1) is 0 Å². The van der Waals surface area contributed by atoms with Crippen molar-refractivity contribution in [3.05, 3.63) is 24.3 Å². The predicted octanol–water partition coefficient (Wildman–Crippen LogP) is 1.36. The van der Waals surface area contributed by atoms with Crippen LogP contribution in [0.1, 0.15) is 0 Å². The van der Waals surface area contributed by atoms with Crippen molar-refractivity contribution in [1.82, 2.24) is 0 Å². The molecular weight excluding hydrogens is 358 g/mol. The molecule has 2 N–H and O–H groups in total. The first-order chi connectivity index (χ1) is 4.41. The van der Waals surface area contributed by atoms with Crippen LogP contribution in [0.15, 0.2) is 24.3 Å². The van der Waals surface area contributed by atoms with E-state index in [0.29, 0.717) is 0 Å². The molecule has 4 heteroatoms. The van der Waals surface area contributed by atoms with Crippen molar-refractivity contribution in [2.24, 2.45) is 0 Å². The average molecular weight is 364 g/mol. The standard InChI is InChI=1S/C6H6I2O2/c7-5(9)1-2-6(8,10)4-3-5/h1-4,9-10H. The average Bonchev–Trinajstić information content (AvgIpc) is 1.79. The first kappa shape index (κ1) is 8.95. The van der Waals surface area contributed by atoms with Crippen molar-refractivity contribution in [3.8, 4) is 0 Å². The molecule has 0 saturated carbocycles. The normalized spacial score (nSPS) is 46.0. The van der Waals surface area contributed by atoms with Crippen molar-refractivity contribution in [2.75, 3.05) is 0 Å². The molecule has 10 heavy (non-hydrogen) atoms. The molecule has 0 aromatic carbocycles. The largest absolute Gasteiger partial charge is 0.372 e. The molecule has 0 aromatic rings. The Morgan fingerprint density at radius 3 is 1.20 bits per heavy atom. The number of hydrogen-bond acceptors (Lipinski definition) is 2. The Kier molecular flexibility index (Phi) is 2.44. The highest BCUT2D eigenvalue weighted by Crippen LogP contribution is 2.30. The third-order valence-corrected chi connectivity index (χ3v) is 2.54. The van der Waals surface area contributed by atoms with Crippen molar-refractivity contribution in [2.45, 2.75) is 7.22 Å². The van der Waals surface area contributed by atoms with Crippen LogP contribution in [0.3, 0.4) is 0 Å². The summed E-state index contributed by atoms with van der Waals surface area (Å²) in [6.07, 6.45) is 6.22. The fraction of sp³-hybridized carbons (Fsp3) is 0.333. The highest BCUT2D eigenvalue weighted by atomic mass is 127. The number of alkyl halides is 2. The summed E-state index contributed by atoms with van der Waals surface area (Å²) in [5, 5.41) is 18.6. The topological polar surface area (TPSA) is 40.5 Å². The molecule has 1 aliphatic carbocycles. The van der Waals surface area contributed by atoms with E-state index in [9.17, 15) is 10.2 Å². The molecule has 0 bridgehead atoms. The van der Waals surface area contributed by atoms with Crippen LogP contribution in [0.4, 0.5) is 0 Å². The van der Waals surface area contributed by atoms with Gasteiger partial charge in [0, 0.05) is 0 Å². The third-order valence-electron chi connectivity index (χ3n) is 1.10. The Morgan fingerprint density at radius 2 is 1.00 bits per heavy atom. The van der Waals surface area contributed by atoms with Gasteiger partial charge in [-0.15, -0.1) is 0 Å². The van der Waals surface area contributed by atoms with Gasteiger partial charge in [0.1, 0.15) is 0 Å². The molecule has 1 aliphatic rings. The maximum Gasteiger partial charge on any atom is 0.153 e. The van der Waals surface area contributed by atoms with Crippen LogP contribution in [-0.2, 0) is 0 Å². The SMILES string of the molecule is OC1(I)C=CC(O)(I)C=C1. The van der Waals surface area contributed by atoms with Gasteiger partial charge in [-0.05, 0) is 69.5 Å². The van der Waals surface area contributed by atoms with Crippen molar-refractivity contribution in [3.63, 3.8) is 0 Å². The zero-order valence-electron chi connectivity index (χ0n) is 4.96. The van der Waals surface area contributed by atoms with Crippen LogP contribution in [-0.4, -0.2) is 17.4 Å². The van der Waals surface area contributed by atoms with Crippen molar-refractivity contribution >= 4 is 45.2 Å². The summed E-state index contributed by atoms with van der Waals surface area (Å²) in [6.45, 7) is 0. The van der Waals surface area contributed by atoms with Gasteiger partial charge >= 0.3 is 0 Å². The Hall–Kier alpha value is 0.860. The third kappa shape index (κ3) is 2.48. The monoisotopic (exact) mass is 364 g/mol. The number of hydrogen-bond donors (Lipinski definition) is 2. The first-order valence-corrected chi connectivity index (χ1v) is 4.80. The van der Waals surface area contributed by atoms with Crippen LogP contribution < -0.4 is 0 Å². The summed E-state index contributed by atoms with van der Waals surface area (Å²) in [6, 6.07) is 0. The maximum atomic E-state index is 9.31. The quantitative estimate of drug-likeness (QED) is 0.387. The second-order valence-corrected chi connectivity index (χ2v) is 5.58. The molecule has 1 rings (SSSR count). The number of rotatable bonds is 0. The van der Waals surface area contributed by atoms with E-state index in [-0.39, 0.29) is 0 Å². The van der Waals surface area contributed by atoms with E-state index >= 15 is 0 Å². The summed E-state index contributed by atoms with van der Waals surface area (Å²) < 4.78 is -1.84. The van der Waals surface area contributed by atoms with Gasteiger partial charge in [0.2, 0.25) is 0 Å². The zero-order chi connectivity index (χ0) is 7.83. The lowest BCUT2D eigenvalue weighted by Gasteiger charge is -2.21. The Balaban J connectivity index is 2.81. The second-order valence-electron chi connectivity index (χ2n) is 2.12. The molecule has 0 amide bonds. The lowest BCUT2D eigenvalue weighted by atomic mass is 10.1. The minimum absolute atomic E-state index is 0.921. The molecule has 0 saturated heterocycles. The molecule has 2 nitrogen and oxygen atoms in total. The van der Waals surface area contributed by atoms with Gasteiger partial charge in [-0.25, -0.2) is 0 Å². The summed E-state index contributed by atoms with van der Waals surface area (Å²) >= 11 is 3.75. The fourth-order valence-electron chi connectivity index (χ4n) is 0.579. The molecule has 0 spiro atoms. The minimum atomic E-state index is -0.921. The molecule has 0 radical (unpaired) electrons. The lowest BCUT2D eigenvalue weighted by molar-refractivity contribution is 0.223. The van der Waals surface area contributed by atoms with Crippen LogP contribution in [0.25, 0.3) is 0 Å². The summed E-state index contributed by atoms with van der Waals surface area (Å²) in [7, 11) is 0. The van der Waals surface area contributed by atoms with Gasteiger partial charge in [-0.3, -0.25) is 0 Å². The Bertz CT molecular complexity index is 156. The van der Waals surface area contributed by atoms with Crippen LogP contribution in [0.2, 0.25) is 0 Å². The van der Waals surface area contributed by atoms with Crippen molar-refractivity contribution < 1.29 is 10.2 Å². The van der Waals surface area contributed by atoms with E-state index in [0.717, 1.165) is 0 Å². The van der Waals surface area contributed by atoms with Crippen molar-refractivity contribution in [1.29, 1.82) is 0 Å². The van der Waals surface area contributed by atoms with Gasteiger partial charge in [0.25, 0.3) is 0 Å². The fourth-order valence-corrected chi connectivity index (χ4v) is 1.30. The maximum absolute atomic E-state index is 9.31. The molecule has 0 heterocycles. The Labute approximate surface area is 86.3 Å². The molecule has 0 unspecified atom stereocenters. The van der Waals surface area contributed by atoms with E-state index in [1.165, 1.54) is 0 Å². The molecule has 0 aromatic heterocycles. The summed E-state index contributed by atoms with van der Waals surface area (Å²) in [5.41, 5.74) is 0. The van der Waals surface area contributed by atoms with Gasteiger partial charge in [-0.2, -0.15) is 0 Å². The zero-order valence-corrected chi connectivity index (χ0v) is 9.27. The highest BCUT2D eigenvalue weighted by Gasteiger charge is 2.25. The smallest absolute Gasteiger partial charge is 0.153 e. The van der Waals surface area contributed by atoms with Gasteiger partial charge < -0.3 is 10.2 Å². The lowest BCUT2D eigenvalue weighted by Crippen LogP contribution is -2.23. The second kappa shape index (κ2) is 2.72. The van der Waals surface area contributed by atoms with E-state index in [4.69, 9.17) is 0 Å². The molecule has 0 atom stereocenters. The predicted molar refractivity (Wildman–Crippen MR) is 56.2 cm³/mol. The van der Waals surface area contributed by atoms with Crippen LogP contribution in [0.5, 0.6) is 0 Å². The summed E-state index contributed by atoms with van der Waals surface area (Å²) in [4.78, 5) is 0. The van der Waals surface area contributed by atoms with Crippen LogP contribution >= 0.6 is 45.2 Å². The minimum Gasteiger partial charge on any atom is -0.372 e. The number of aliphatic hydroxyl groups is 2. The van der Waals surface area contributed by atoms with Gasteiger partial charge in [0.15, 0.2) is 7.22 Å². The van der Waals surface area contributed by atoms with E-state index < -0.39 is 7.22 Å². The molecular formula is C6H6I2O2. The van der Waals surface area contributed by atoms with E-state index in [1.54, 1.807) is 24.3 Å².